The molecular formula is C25H34N6O2. The first-order valence-electron chi connectivity index (χ1n) is 11.2. The van der Waals surface area contributed by atoms with Crippen molar-refractivity contribution in [3.63, 3.8) is 0 Å². The van der Waals surface area contributed by atoms with Crippen LogP contribution in [0.3, 0.4) is 0 Å². The van der Waals surface area contributed by atoms with Gasteiger partial charge in [0.1, 0.15) is 17.5 Å². The van der Waals surface area contributed by atoms with Crippen LogP contribution < -0.4 is 21.5 Å². The lowest BCUT2D eigenvalue weighted by Gasteiger charge is -2.23. The summed E-state index contributed by atoms with van der Waals surface area (Å²) in [4.78, 5) is 22.2. The van der Waals surface area contributed by atoms with E-state index >= 15 is 0 Å². The van der Waals surface area contributed by atoms with Crippen molar-refractivity contribution in [2.75, 3.05) is 17.2 Å². The Morgan fingerprint density at radius 3 is 2.70 bits per heavy atom. The minimum absolute atomic E-state index is 0.108. The van der Waals surface area contributed by atoms with Crippen LogP contribution in [-0.4, -0.2) is 37.8 Å². The minimum Gasteiger partial charge on any atom is -0.395 e. The largest absolute Gasteiger partial charge is 0.395 e. The Labute approximate surface area is 194 Å². The second kappa shape index (κ2) is 10.6. The quantitative estimate of drug-likeness (QED) is 0.348. The molecule has 0 aliphatic heterocycles. The van der Waals surface area contributed by atoms with E-state index in [4.69, 9.17) is 4.98 Å². The molecule has 0 saturated carbocycles. The molecule has 3 rings (SSSR count). The van der Waals surface area contributed by atoms with Crippen LogP contribution in [-0.2, 0) is 13.1 Å². The van der Waals surface area contributed by atoms with E-state index in [0.717, 1.165) is 17.4 Å². The monoisotopic (exact) mass is 450 g/mol. The molecule has 0 saturated heterocycles. The highest BCUT2D eigenvalue weighted by atomic mass is 16.3. The number of pyridine rings is 3. The zero-order chi connectivity index (χ0) is 24.0. The molecule has 0 aromatic carbocycles. The first kappa shape index (κ1) is 24.4. The lowest BCUT2D eigenvalue weighted by molar-refractivity contribution is 0.274. The van der Waals surface area contributed by atoms with Crippen molar-refractivity contribution in [1.29, 1.82) is 0 Å². The molecule has 0 aliphatic carbocycles. The van der Waals surface area contributed by atoms with Gasteiger partial charge in [-0.2, -0.15) is 0 Å². The third-order valence-electron chi connectivity index (χ3n) is 5.17. The summed E-state index contributed by atoms with van der Waals surface area (Å²) in [5.74, 6) is 1.75. The van der Waals surface area contributed by atoms with E-state index < -0.39 is 0 Å². The highest BCUT2D eigenvalue weighted by molar-refractivity contribution is 5.93. The fourth-order valence-corrected chi connectivity index (χ4v) is 3.52. The van der Waals surface area contributed by atoms with Gasteiger partial charge in [-0.15, -0.1) is 6.58 Å². The van der Waals surface area contributed by atoms with Crippen LogP contribution in [0.25, 0.3) is 10.8 Å². The van der Waals surface area contributed by atoms with Crippen molar-refractivity contribution in [1.82, 2.24) is 19.9 Å². The molecule has 33 heavy (non-hydrogen) atoms. The summed E-state index contributed by atoms with van der Waals surface area (Å²) >= 11 is 0. The molecule has 8 heteroatoms. The maximum Gasteiger partial charge on any atom is 0.262 e. The number of hydrogen-bond acceptors (Lipinski definition) is 7. The van der Waals surface area contributed by atoms with E-state index in [1.54, 1.807) is 12.4 Å². The third kappa shape index (κ3) is 6.40. The molecular weight excluding hydrogens is 416 g/mol. The van der Waals surface area contributed by atoms with Gasteiger partial charge in [0.25, 0.3) is 5.56 Å². The van der Waals surface area contributed by atoms with Gasteiger partial charge in [0.2, 0.25) is 0 Å². The van der Waals surface area contributed by atoms with E-state index in [9.17, 15) is 9.90 Å². The van der Waals surface area contributed by atoms with Crippen molar-refractivity contribution in [2.45, 2.75) is 58.8 Å². The number of aliphatic hydroxyl groups excluding tert-OH is 1. The number of fused-ring (bicyclic) bond motifs is 1. The van der Waals surface area contributed by atoms with Gasteiger partial charge in [-0.05, 0) is 62.4 Å². The lowest BCUT2D eigenvalue weighted by atomic mass is 10.1. The molecule has 0 radical (unpaired) electrons. The second-order valence-corrected chi connectivity index (χ2v) is 9.04. The first-order valence-corrected chi connectivity index (χ1v) is 11.2. The van der Waals surface area contributed by atoms with Gasteiger partial charge in [0.05, 0.1) is 12.0 Å². The average molecular weight is 451 g/mol. The van der Waals surface area contributed by atoms with E-state index in [1.165, 1.54) is 4.57 Å². The summed E-state index contributed by atoms with van der Waals surface area (Å²) < 4.78 is 1.50. The molecule has 0 spiro atoms. The number of nitrogens with one attached hydrogen (secondary N) is 3. The topological polar surface area (TPSA) is 104 Å². The van der Waals surface area contributed by atoms with Gasteiger partial charge in [-0.3, -0.25) is 4.79 Å². The van der Waals surface area contributed by atoms with Gasteiger partial charge >= 0.3 is 0 Å². The van der Waals surface area contributed by atoms with Crippen molar-refractivity contribution in [2.24, 2.45) is 0 Å². The zero-order valence-electron chi connectivity index (χ0n) is 19.9. The van der Waals surface area contributed by atoms with E-state index in [0.29, 0.717) is 29.4 Å². The molecule has 3 heterocycles. The van der Waals surface area contributed by atoms with Crippen LogP contribution in [0.15, 0.2) is 54.1 Å². The van der Waals surface area contributed by atoms with Crippen LogP contribution in [0.1, 0.15) is 39.7 Å². The fraction of sp³-hybridized carbons (Fsp3) is 0.400. The number of hydrogen-bond donors (Lipinski definition) is 4. The Hall–Kier alpha value is -3.23. The highest BCUT2D eigenvalue weighted by Crippen LogP contribution is 2.26. The van der Waals surface area contributed by atoms with Crippen molar-refractivity contribution < 1.29 is 5.11 Å². The lowest BCUT2D eigenvalue weighted by Crippen LogP contribution is -2.29. The SMILES string of the molecule is C=CC(CC)NCc1ccnc(Nc2cc3ccn(CCO)c(=O)c3c(NC(C)(C)C)n2)c1. The Bertz CT molecular complexity index is 1170. The Morgan fingerprint density at radius 1 is 1.24 bits per heavy atom. The molecule has 4 N–H and O–H groups in total. The van der Waals surface area contributed by atoms with Gasteiger partial charge in [0.15, 0.2) is 0 Å². The Kier molecular flexibility index (Phi) is 7.84. The molecule has 1 unspecified atom stereocenters. The molecule has 0 aliphatic rings. The van der Waals surface area contributed by atoms with Gasteiger partial charge in [0, 0.05) is 37.1 Å². The molecule has 8 nitrogen and oxygen atoms in total. The van der Waals surface area contributed by atoms with E-state index in [-0.39, 0.29) is 30.3 Å². The number of anilines is 3. The maximum atomic E-state index is 13.0. The summed E-state index contributed by atoms with van der Waals surface area (Å²) in [6.45, 7) is 12.9. The predicted octanol–water partition coefficient (Wildman–Crippen LogP) is 3.79. The summed E-state index contributed by atoms with van der Waals surface area (Å²) in [6.07, 6.45) is 6.35. The first-order chi connectivity index (χ1) is 15.7. The molecule has 3 aromatic rings. The smallest absolute Gasteiger partial charge is 0.262 e. The van der Waals surface area contributed by atoms with E-state index in [1.807, 2.05) is 51.1 Å². The van der Waals surface area contributed by atoms with Crippen LogP contribution in [0.4, 0.5) is 17.5 Å². The summed E-state index contributed by atoms with van der Waals surface area (Å²) in [6, 6.07) is 7.91. The zero-order valence-corrected chi connectivity index (χ0v) is 19.9. The van der Waals surface area contributed by atoms with Gasteiger partial charge < -0.3 is 25.6 Å². The van der Waals surface area contributed by atoms with Crippen molar-refractivity contribution in [3.05, 3.63) is 65.2 Å². The number of rotatable bonds is 10. The minimum atomic E-state index is -0.298. The average Bonchev–Trinajstić information content (AvgIpc) is 2.75. The number of nitrogens with zero attached hydrogens (tertiary/aromatic N) is 3. The van der Waals surface area contributed by atoms with Crippen LogP contribution in [0.5, 0.6) is 0 Å². The fourth-order valence-electron chi connectivity index (χ4n) is 3.52. The molecule has 176 valence electrons. The predicted molar refractivity (Wildman–Crippen MR) is 135 cm³/mol. The van der Waals surface area contributed by atoms with Crippen LogP contribution in [0, 0.1) is 0 Å². The molecule has 0 amide bonds. The third-order valence-corrected chi connectivity index (χ3v) is 5.17. The maximum absolute atomic E-state index is 13.0. The van der Waals surface area contributed by atoms with Crippen LogP contribution in [0.2, 0.25) is 0 Å². The standard InChI is InChI=1S/C25H34N6O2/c1-6-19(7-2)27-16-17-8-10-26-20(14-17)28-21-15-18-9-11-31(12-13-32)24(33)22(18)23(29-21)30-25(3,4)5/h6,8-11,14-15,19,27,32H,1,7,12-13,16H2,2-5H3,(H2,26,28,29,30). The second-order valence-electron chi connectivity index (χ2n) is 9.04. The molecule has 0 bridgehead atoms. The van der Waals surface area contributed by atoms with E-state index in [2.05, 4.69) is 34.4 Å². The molecule has 3 aromatic heterocycles. The number of aliphatic hydroxyl groups is 1. The van der Waals surface area contributed by atoms with Crippen molar-refractivity contribution in [3.8, 4) is 0 Å². The van der Waals surface area contributed by atoms with Crippen LogP contribution >= 0.6 is 0 Å². The Balaban J connectivity index is 1.95. The normalized spacial score (nSPS) is 12.5. The summed E-state index contributed by atoms with van der Waals surface area (Å²) in [5, 5.41) is 20.6. The number of aromatic nitrogens is 3. The van der Waals surface area contributed by atoms with Gasteiger partial charge in [-0.25, -0.2) is 9.97 Å². The highest BCUT2D eigenvalue weighted by Gasteiger charge is 2.17. The Morgan fingerprint density at radius 2 is 2.03 bits per heavy atom. The van der Waals surface area contributed by atoms with Gasteiger partial charge in [-0.1, -0.05) is 13.0 Å². The molecule has 0 fully saturated rings. The van der Waals surface area contributed by atoms with Crippen molar-refractivity contribution >= 4 is 28.2 Å². The summed E-state index contributed by atoms with van der Waals surface area (Å²) in [5.41, 5.74) is 0.604. The summed E-state index contributed by atoms with van der Waals surface area (Å²) in [7, 11) is 0. The molecule has 1 atom stereocenters.